The second-order valence-electron chi connectivity index (χ2n) is 6.70. The lowest BCUT2D eigenvalue weighted by Gasteiger charge is -2.09. The predicted molar refractivity (Wildman–Crippen MR) is 106 cm³/mol. The van der Waals surface area contributed by atoms with Gasteiger partial charge in [-0.25, -0.2) is 13.8 Å². The van der Waals surface area contributed by atoms with Crippen LogP contribution in [0.25, 0.3) is 32.2 Å². The molecule has 144 valence electrons. The number of hydrogen-bond donors (Lipinski definition) is 2. The normalized spacial score (nSPS) is 18.1. The molecule has 0 radical (unpaired) electrons. The number of H-pyrrole nitrogens is 1. The van der Waals surface area contributed by atoms with E-state index in [9.17, 15) is 18.8 Å². The summed E-state index contributed by atoms with van der Waals surface area (Å²) in [5.41, 5.74) is 1.74. The summed E-state index contributed by atoms with van der Waals surface area (Å²) in [7, 11) is 0. The average molecular weight is 430 g/mol. The third kappa shape index (κ3) is 2.84. The van der Waals surface area contributed by atoms with Crippen molar-refractivity contribution in [1.29, 1.82) is 5.26 Å². The quantitative estimate of drug-likeness (QED) is 0.489. The zero-order valence-corrected chi connectivity index (χ0v) is 16.0. The highest BCUT2D eigenvalue weighted by Gasteiger charge is 2.43. The van der Waals surface area contributed by atoms with Gasteiger partial charge in [0.2, 0.25) is 5.91 Å². The highest BCUT2D eigenvalue weighted by Crippen LogP contribution is 2.41. The van der Waals surface area contributed by atoms with Gasteiger partial charge in [0.15, 0.2) is 10.9 Å². The molecule has 10 heteroatoms. The Kier molecular flexibility index (Phi) is 4.01. The number of carbonyl (C=O) groups excluding carboxylic acids is 1. The molecule has 2 aromatic heterocycles. The van der Waals surface area contributed by atoms with Crippen molar-refractivity contribution in [1.82, 2.24) is 15.2 Å². The molecular weight excluding hydrogens is 420 g/mol. The Hall–Kier alpha value is -3.09. The fourth-order valence-electron chi connectivity index (χ4n) is 3.27. The van der Waals surface area contributed by atoms with Crippen LogP contribution in [0.15, 0.2) is 24.4 Å². The smallest absolute Gasteiger partial charge is 0.232 e. The minimum Gasteiger partial charge on any atom is -0.302 e. The maximum Gasteiger partial charge on any atom is 0.232 e. The monoisotopic (exact) mass is 429 g/mol. The molecule has 2 aromatic carbocycles. The van der Waals surface area contributed by atoms with Crippen molar-refractivity contribution in [3.63, 3.8) is 0 Å². The number of nitriles is 1. The molecule has 29 heavy (non-hydrogen) atoms. The third-order valence-electron chi connectivity index (χ3n) is 4.86. The number of hydrogen-bond acceptors (Lipinski definition) is 5. The molecule has 1 aliphatic rings. The number of alkyl halides is 1. The topological polar surface area (TPSA) is 94.5 Å². The number of benzene rings is 2. The number of aromatic nitrogens is 3. The van der Waals surface area contributed by atoms with Gasteiger partial charge in [-0.3, -0.25) is 9.89 Å². The molecular formula is C19H10ClF2N5OS. The van der Waals surface area contributed by atoms with E-state index < -0.39 is 17.9 Å². The minimum absolute atomic E-state index is 0.171. The standard InChI is InChI=1S/C19H10ClF2N5OS/c20-15-14(10-6-24-27-17(10)9(5-23)16(15)22)7-1-2-12-13(3-7)29-19(25-12)26-18(28)8-4-11(8)21/h1-3,6,8,11H,4H2,(H,24,27)(H,25,26,28)/t8-,11+/m1/s1. The summed E-state index contributed by atoms with van der Waals surface area (Å²) in [6.07, 6.45) is 0.647. The van der Waals surface area contributed by atoms with Gasteiger partial charge in [-0.1, -0.05) is 29.0 Å². The minimum atomic E-state index is -1.08. The van der Waals surface area contributed by atoms with E-state index in [1.54, 1.807) is 24.3 Å². The lowest BCUT2D eigenvalue weighted by atomic mass is 9.99. The molecule has 2 heterocycles. The van der Waals surface area contributed by atoms with Crippen molar-refractivity contribution in [2.24, 2.45) is 5.92 Å². The van der Waals surface area contributed by atoms with Crippen LogP contribution in [0.1, 0.15) is 12.0 Å². The summed E-state index contributed by atoms with van der Waals surface area (Å²) in [6.45, 7) is 0. The average Bonchev–Trinajstić information content (AvgIpc) is 3.08. The Morgan fingerprint density at radius 1 is 1.45 bits per heavy atom. The number of nitrogens with zero attached hydrogens (tertiary/aromatic N) is 3. The van der Waals surface area contributed by atoms with E-state index in [4.69, 9.17) is 11.6 Å². The number of amides is 1. The summed E-state index contributed by atoms with van der Waals surface area (Å²) in [6, 6.07) is 7.04. The first-order valence-corrected chi connectivity index (χ1v) is 9.77. The second kappa shape index (κ2) is 6.47. The van der Waals surface area contributed by atoms with Gasteiger partial charge in [0.1, 0.15) is 17.8 Å². The molecule has 0 aliphatic heterocycles. The van der Waals surface area contributed by atoms with Crippen LogP contribution >= 0.6 is 22.9 Å². The van der Waals surface area contributed by atoms with Crippen LogP contribution < -0.4 is 5.32 Å². The summed E-state index contributed by atoms with van der Waals surface area (Å²) >= 11 is 7.48. The molecule has 2 atom stereocenters. The summed E-state index contributed by atoms with van der Waals surface area (Å²) in [4.78, 5) is 16.3. The number of aromatic amines is 1. The maximum atomic E-state index is 14.6. The summed E-state index contributed by atoms with van der Waals surface area (Å²) < 4.78 is 28.4. The lowest BCUT2D eigenvalue weighted by molar-refractivity contribution is -0.117. The Morgan fingerprint density at radius 3 is 2.97 bits per heavy atom. The van der Waals surface area contributed by atoms with E-state index in [1.807, 2.05) is 0 Å². The van der Waals surface area contributed by atoms with Crippen molar-refractivity contribution >= 4 is 55.1 Å². The maximum absolute atomic E-state index is 14.6. The van der Waals surface area contributed by atoms with Gasteiger partial charge in [-0.15, -0.1) is 0 Å². The van der Waals surface area contributed by atoms with E-state index in [0.717, 1.165) is 4.70 Å². The van der Waals surface area contributed by atoms with Gasteiger partial charge in [0.25, 0.3) is 0 Å². The molecule has 4 aromatic rings. The fourth-order valence-corrected chi connectivity index (χ4v) is 4.48. The van der Waals surface area contributed by atoms with Gasteiger partial charge in [0.05, 0.1) is 32.9 Å². The SMILES string of the molecule is N#Cc1c(F)c(Cl)c(-c2ccc3nc(NC(=O)[C@@H]4C[C@@H]4F)sc3c2)c2cn[nH]c12. The number of thiazole rings is 1. The van der Waals surface area contributed by atoms with E-state index in [1.165, 1.54) is 17.5 Å². The molecule has 1 aliphatic carbocycles. The molecule has 0 bridgehead atoms. The van der Waals surface area contributed by atoms with Crippen molar-refractivity contribution < 1.29 is 13.6 Å². The largest absolute Gasteiger partial charge is 0.302 e. The van der Waals surface area contributed by atoms with Gasteiger partial charge in [0, 0.05) is 10.9 Å². The number of anilines is 1. The first-order valence-electron chi connectivity index (χ1n) is 8.58. The highest BCUT2D eigenvalue weighted by molar-refractivity contribution is 7.22. The molecule has 1 saturated carbocycles. The number of rotatable bonds is 3. The van der Waals surface area contributed by atoms with Gasteiger partial charge >= 0.3 is 0 Å². The zero-order valence-electron chi connectivity index (χ0n) is 14.5. The Bertz CT molecular complexity index is 1360. The summed E-state index contributed by atoms with van der Waals surface area (Å²) in [5.74, 6) is -1.80. The van der Waals surface area contributed by atoms with Gasteiger partial charge < -0.3 is 5.32 Å². The van der Waals surface area contributed by atoms with Crippen LogP contribution in [0.2, 0.25) is 5.02 Å². The number of carbonyl (C=O) groups is 1. The Balaban J connectivity index is 1.59. The van der Waals surface area contributed by atoms with E-state index in [-0.39, 0.29) is 28.4 Å². The van der Waals surface area contributed by atoms with Crippen LogP contribution in [-0.2, 0) is 4.79 Å². The van der Waals surface area contributed by atoms with E-state index in [2.05, 4.69) is 20.5 Å². The molecule has 0 unspecified atom stereocenters. The number of nitrogens with one attached hydrogen (secondary N) is 2. The van der Waals surface area contributed by atoms with Crippen molar-refractivity contribution in [3.05, 3.63) is 40.8 Å². The molecule has 0 saturated heterocycles. The van der Waals surface area contributed by atoms with Gasteiger partial charge in [-0.05, 0) is 24.1 Å². The van der Waals surface area contributed by atoms with Crippen LogP contribution in [0.3, 0.4) is 0 Å². The molecule has 2 N–H and O–H groups in total. The molecule has 5 rings (SSSR count). The van der Waals surface area contributed by atoms with Crippen molar-refractivity contribution in [2.75, 3.05) is 5.32 Å². The van der Waals surface area contributed by atoms with Crippen LogP contribution in [0.4, 0.5) is 13.9 Å². The second-order valence-corrected chi connectivity index (χ2v) is 8.11. The third-order valence-corrected chi connectivity index (χ3v) is 6.15. The van der Waals surface area contributed by atoms with Crippen molar-refractivity contribution in [2.45, 2.75) is 12.6 Å². The van der Waals surface area contributed by atoms with E-state index in [0.29, 0.717) is 27.2 Å². The predicted octanol–water partition coefficient (Wildman–Crippen LogP) is 4.80. The first kappa shape index (κ1) is 18.0. The fraction of sp³-hybridized carbons (Fsp3) is 0.158. The molecule has 0 spiro atoms. The molecule has 1 amide bonds. The highest BCUT2D eigenvalue weighted by atomic mass is 35.5. The zero-order chi connectivity index (χ0) is 20.3. The Labute approximate surface area is 171 Å². The van der Waals surface area contributed by atoms with Crippen LogP contribution in [0, 0.1) is 23.1 Å². The summed E-state index contributed by atoms with van der Waals surface area (Å²) in [5, 5.41) is 19.1. The van der Waals surface area contributed by atoms with Crippen LogP contribution in [-0.4, -0.2) is 27.3 Å². The lowest BCUT2D eigenvalue weighted by Crippen LogP contribution is -2.14. The van der Waals surface area contributed by atoms with Crippen LogP contribution in [0.5, 0.6) is 0 Å². The number of halogens is 3. The molecule has 1 fully saturated rings. The van der Waals surface area contributed by atoms with Gasteiger partial charge in [-0.2, -0.15) is 10.4 Å². The van der Waals surface area contributed by atoms with Crippen molar-refractivity contribution in [3.8, 4) is 17.2 Å². The van der Waals surface area contributed by atoms with E-state index >= 15 is 0 Å². The molecule has 6 nitrogen and oxygen atoms in total. The Morgan fingerprint density at radius 2 is 2.24 bits per heavy atom. The first-order chi connectivity index (χ1) is 14.0. The number of fused-ring (bicyclic) bond motifs is 2.